The average Bonchev–Trinajstić information content (AvgIpc) is 2.41. The first-order chi connectivity index (χ1) is 8.69. The summed E-state index contributed by atoms with van der Waals surface area (Å²) in [6.07, 6.45) is 3.88. The molecule has 0 aliphatic carbocycles. The number of para-hydroxylation sites is 2. The zero-order valence-corrected chi connectivity index (χ0v) is 14.9. The summed E-state index contributed by atoms with van der Waals surface area (Å²) in [5.74, 6) is 0.731. The smallest absolute Gasteiger partial charge is 0.129 e. The third-order valence-electron chi connectivity index (χ3n) is 2.17. The monoisotopic (exact) mass is 370 g/mol. The molecule has 0 unspecified atom stereocenters. The standard InChI is InChI=1S/2C7H8OS.Zr/c2*1-9-7-5-3-2-4-6(7)8;/h2*2-5,8H,1H3;. The van der Waals surface area contributed by atoms with Crippen LogP contribution in [-0.4, -0.2) is 22.7 Å². The van der Waals surface area contributed by atoms with Crippen molar-refractivity contribution in [1.29, 1.82) is 0 Å². The summed E-state index contributed by atoms with van der Waals surface area (Å²) >= 11 is 3.09. The molecule has 0 heterocycles. The molecule has 2 N–H and O–H groups in total. The summed E-state index contributed by atoms with van der Waals surface area (Å²) in [6, 6.07) is 14.6. The van der Waals surface area contributed by atoms with Gasteiger partial charge in [-0.3, -0.25) is 0 Å². The minimum atomic E-state index is 0. The van der Waals surface area contributed by atoms with E-state index in [4.69, 9.17) is 10.2 Å². The van der Waals surface area contributed by atoms with Crippen LogP contribution in [0.4, 0.5) is 0 Å². The Bertz CT molecular complexity index is 447. The first-order valence-electron chi connectivity index (χ1n) is 5.33. The molecule has 2 nitrogen and oxygen atoms in total. The second kappa shape index (κ2) is 10.4. The maximum atomic E-state index is 9.09. The largest absolute Gasteiger partial charge is 0.507 e. The number of hydrogen-bond acceptors (Lipinski definition) is 4. The fourth-order valence-electron chi connectivity index (χ4n) is 1.26. The van der Waals surface area contributed by atoms with Crippen LogP contribution in [-0.2, 0) is 26.2 Å². The summed E-state index contributed by atoms with van der Waals surface area (Å²) in [5, 5.41) is 18.2. The van der Waals surface area contributed by atoms with Gasteiger partial charge >= 0.3 is 0 Å². The maximum absolute atomic E-state index is 9.09. The normalized spacial score (nSPS) is 8.95. The van der Waals surface area contributed by atoms with Crippen LogP contribution in [0.15, 0.2) is 58.3 Å². The van der Waals surface area contributed by atoms with Crippen LogP contribution in [0.1, 0.15) is 0 Å². The maximum Gasteiger partial charge on any atom is 0.129 e. The van der Waals surface area contributed by atoms with Gasteiger partial charge in [0.1, 0.15) is 11.5 Å². The first kappa shape index (κ1) is 18.6. The molecule has 0 amide bonds. The number of rotatable bonds is 2. The molecule has 0 radical (unpaired) electrons. The second-order valence-electron chi connectivity index (χ2n) is 3.34. The second-order valence-corrected chi connectivity index (χ2v) is 5.04. The predicted molar refractivity (Wildman–Crippen MR) is 79.8 cm³/mol. The fraction of sp³-hybridized carbons (Fsp3) is 0.143. The van der Waals surface area contributed by atoms with Crippen molar-refractivity contribution in [1.82, 2.24) is 0 Å². The quantitative estimate of drug-likeness (QED) is 0.775. The van der Waals surface area contributed by atoms with E-state index in [0.29, 0.717) is 11.5 Å². The van der Waals surface area contributed by atoms with Crippen molar-refractivity contribution in [3.63, 3.8) is 0 Å². The van der Waals surface area contributed by atoms with Gasteiger partial charge in [-0.15, -0.1) is 23.5 Å². The number of phenols is 2. The van der Waals surface area contributed by atoms with E-state index in [1.54, 1.807) is 35.7 Å². The van der Waals surface area contributed by atoms with Crippen LogP contribution in [0.2, 0.25) is 0 Å². The Morgan fingerprint density at radius 3 is 1.21 bits per heavy atom. The molecule has 0 atom stereocenters. The van der Waals surface area contributed by atoms with E-state index in [1.807, 2.05) is 48.9 Å². The Morgan fingerprint density at radius 2 is 1.00 bits per heavy atom. The van der Waals surface area contributed by atoms with Crippen LogP contribution in [0, 0.1) is 0 Å². The van der Waals surface area contributed by atoms with Gasteiger partial charge < -0.3 is 10.2 Å². The molecular formula is C14H16O2S2Zr. The molecular weight excluding hydrogens is 356 g/mol. The van der Waals surface area contributed by atoms with Crippen molar-refractivity contribution in [2.24, 2.45) is 0 Å². The van der Waals surface area contributed by atoms with Gasteiger partial charge in [0.05, 0.1) is 0 Å². The van der Waals surface area contributed by atoms with E-state index < -0.39 is 0 Å². The van der Waals surface area contributed by atoms with E-state index in [0.717, 1.165) is 9.79 Å². The number of aromatic hydroxyl groups is 2. The van der Waals surface area contributed by atoms with E-state index in [1.165, 1.54) is 0 Å². The fourth-order valence-corrected chi connectivity index (χ4v) is 2.24. The molecule has 5 heteroatoms. The molecule has 0 bridgehead atoms. The number of hydrogen-bond donors (Lipinski definition) is 2. The molecule has 0 fully saturated rings. The minimum absolute atomic E-state index is 0. The molecule has 19 heavy (non-hydrogen) atoms. The van der Waals surface area contributed by atoms with Gasteiger partial charge in [0.15, 0.2) is 0 Å². The van der Waals surface area contributed by atoms with Crippen molar-refractivity contribution in [3.8, 4) is 11.5 Å². The molecule has 0 aromatic heterocycles. The van der Waals surface area contributed by atoms with Crippen LogP contribution >= 0.6 is 23.5 Å². The van der Waals surface area contributed by atoms with Gasteiger partial charge in [-0.05, 0) is 36.8 Å². The molecule has 2 aromatic rings. The molecule has 2 rings (SSSR count). The summed E-state index contributed by atoms with van der Waals surface area (Å²) in [6.45, 7) is 0. The molecule has 2 aromatic carbocycles. The number of benzene rings is 2. The molecule has 0 aliphatic rings. The van der Waals surface area contributed by atoms with Crippen LogP contribution < -0.4 is 0 Å². The Morgan fingerprint density at radius 1 is 0.684 bits per heavy atom. The first-order valence-corrected chi connectivity index (χ1v) is 7.78. The van der Waals surface area contributed by atoms with Gasteiger partial charge in [-0.2, -0.15) is 0 Å². The zero-order valence-electron chi connectivity index (χ0n) is 10.8. The van der Waals surface area contributed by atoms with Gasteiger partial charge in [-0.25, -0.2) is 0 Å². The predicted octanol–water partition coefficient (Wildman–Crippen LogP) is 4.23. The van der Waals surface area contributed by atoms with E-state index in [2.05, 4.69) is 0 Å². The average molecular weight is 372 g/mol. The molecule has 0 aliphatic heterocycles. The number of phenolic OH excluding ortho intramolecular Hbond substituents is 2. The van der Waals surface area contributed by atoms with E-state index in [-0.39, 0.29) is 26.2 Å². The molecule has 0 saturated carbocycles. The Hall–Kier alpha value is -0.377. The zero-order chi connectivity index (χ0) is 13.4. The van der Waals surface area contributed by atoms with Crippen LogP contribution in [0.5, 0.6) is 11.5 Å². The van der Waals surface area contributed by atoms with Crippen molar-refractivity contribution in [2.45, 2.75) is 9.79 Å². The van der Waals surface area contributed by atoms with Gasteiger partial charge in [0.25, 0.3) is 0 Å². The minimum Gasteiger partial charge on any atom is -0.507 e. The number of thioether (sulfide) groups is 2. The summed E-state index contributed by atoms with van der Waals surface area (Å²) in [7, 11) is 0. The Kier molecular flexibility index (Phi) is 10.2. The van der Waals surface area contributed by atoms with Gasteiger partial charge in [0, 0.05) is 36.0 Å². The van der Waals surface area contributed by atoms with Crippen molar-refractivity contribution in [2.75, 3.05) is 12.5 Å². The topological polar surface area (TPSA) is 40.5 Å². The molecule has 0 saturated heterocycles. The molecule has 0 spiro atoms. The van der Waals surface area contributed by atoms with Crippen molar-refractivity contribution >= 4 is 23.5 Å². The Balaban J connectivity index is 0.000000324. The third-order valence-corrected chi connectivity index (χ3v) is 3.74. The van der Waals surface area contributed by atoms with Gasteiger partial charge in [0.2, 0.25) is 0 Å². The summed E-state index contributed by atoms with van der Waals surface area (Å²) in [5.41, 5.74) is 0. The Labute approximate surface area is 141 Å². The van der Waals surface area contributed by atoms with E-state index >= 15 is 0 Å². The van der Waals surface area contributed by atoms with E-state index in [9.17, 15) is 0 Å². The summed E-state index contributed by atoms with van der Waals surface area (Å²) in [4.78, 5) is 1.86. The van der Waals surface area contributed by atoms with Crippen molar-refractivity contribution < 1.29 is 36.4 Å². The summed E-state index contributed by atoms with van der Waals surface area (Å²) < 4.78 is 0. The SMILES string of the molecule is CSc1ccccc1O.CSc1ccccc1O.[Zr]. The van der Waals surface area contributed by atoms with Crippen LogP contribution in [0.25, 0.3) is 0 Å². The van der Waals surface area contributed by atoms with Gasteiger partial charge in [-0.1, -0.05) is 24.3 Å². The van der Waals surface area contributed by atoms with Crippen LogP contribution in [0.3, 0.4) is 0 Å². The van der Waals surface area contributed by atoms with Crippen molar-refractivity contribution in [3.05, 3.63) is 48.5 Å². The third kappa shape index (κ3) is 6.55. The molecule has 100 valence electrons.